The SMILES string of the molecule is CC(C)COc1cc(C(N)=O)c(N)cn1. The Bertz CT molecular complexity index is 364. The fourth-order valence-corrected chi connectivity index (χ4v) is 0.991. The topological polar surface area (TPSA) is 91.2 Å². The van der Waals surface area contributed by atoms with Crippen LogP contribution in [0.15, 0.2) is 12.3 Å². The summed E-state index contributed by atoms with van der Waals surface area (Å²) < 4.78 is 5.34. The molecule has 0 radical (unpaired) electrons. The van der Waals surface area contributed by atoms with Gasteiger partial charge in [-0.3, -0.25) is 4.79 Å². The number of primary amides is 1. The fraction of sp³-hybridized carbons (Fsp3) is 0.400. The van der Waals surface area contributed by atoms with Gasteiger partial charge >= 0.3 is 0 Å². The standard InChI is InChI=1S/C10H15N3O2/c1-6(2)5-15-9-3-7(10(12)14)8(11)4-13-9/h3-4,6H,5,11H2,1-2H3,(H2,12,14). The van der Waals surface area contributed by atoms with Crippen LogP contribution in [0.1, 0.15) is 24.2 Å². The molecule has 0 aromatic carbocycles. The van der Waals surface area contributed by atoms with Gasteiger partial charge in [-0.2, -0.15) is 0 Å². The minimum Gasteiger partial charge on any atom is -0.477 e. The quantitative estimate of drug-likeness (QED) is 0.767. The maximum atomic E-state index is 11.0. The van der Waals surface area contributed by atoms with Crippen LogP contribution in [0.3, 0.4) is 0 Å². The van der Waals surface area contributed by atoms with Crippen molar-refractivity contribution in [2.75, 3.05) is 12.3 Å². The lowest BCUT2D eigenvalue weighted by Crippen LogP contribution is -2.14. The summed E-state index contributed by atoms with van der Waals surface area (Å²) in [5, 5.41) is 0. The van der Waals surface area contributed by atoms with E-state index in [1.165, 1.54) is 12.3 Å². The molecule has 0 saturated carbocycles. The summed E-state index contributed by atoms with van der Waals surface area (Å²) in [7, 11) is 0. The van der Waals surface area contributed by atoms with E-state index in [0.29, 0.717) is 18.4 Å². The van der Waals surface area contributed by atoms with E-state index in [1.54, 1.807) is 0 Å². The fourth-order valence-electron chi connectivity index (χ4n) is 0.991. The summed E-state index contributed by atoms with van der Waals surface area (Å²) in [5.41, 5.74) is 11.2. The Balaban J connectivity index is 2.83. The molecule has 4 N–H and O–H groups in total. The number of ether oxygens (including phenoxy) is 1. The second-order valence-corrected chi connectivity index (χ2v) is 3.68. The lowest BCUT2D eigenvalue weighted by Gasteiger charge is -2.09. The Morgan fingerprint density at radius 3 is 2.80 bits per heavy atom. The first-order valence-corrected chi connectivity index (χ1v) is 4.69. The highest BCUT2D eigenvalue weighted by Gasteiger charge is 2.08. The van der Waals surface area contributed by atoms with Crippen LogP contribution in [-0.2, 0) is 0 Å². The van der Waals surface area contributed by atoms with E-state index in [0.717, 1.165) is 0 Å². The van der Waals surface area contributed by atoms with Crippen LogP contribution < -0.4 is 16.2 Å². The van der Waals surface area contributed by atoms with Gasteiger partial charge in [-0.05, 0) is 5.92 Å². The van der Waals surface area contributed by atoms with E-state index in [1.807, 2.05) is 13.8 Å². The molecule has 0 fully saturated rings. The molecule has 5 nitrogen and oxygen atoms in total. The molecule has 1 amide bonds. The van der Waals surface area contributed by atoms with Gasteiger partial charge in [-0.15, -0.1) is 0 Å². The normalized spacial score (nSPS) is 10.3. The Morgan fingerprint density at radius 1 is 1.60 bits per heavy atom. The van der Waals surface area contributed by atoms with E-state index < -0.39 is 5.91 Å². The summed E-state index contributed by atoms with van der Waals surface area (Å²) in [5.74, 6) is 0.178. The second-order valence-electron chi connectivity index (χ2n) is 3.68. The third-order valence-electron chi connectivity index (χ3n) is 1.74. The van der Waals surface area contributed by atoms with Crippen LogP contribution in [0.4, 0.5) is 5.69 Å². The number of carbonyl (C=O) groups is 1. The van der Waals surface area contributed by atoms with E-state index in [-0.39, 0.29) is 11.3 Å². The van der Waals surface area contributed by atoms with E-state index in [2.05, 4.69) is 4.98 Å². The van der Waals surface area contributed by atoms with Crippen LogP contribution in [-0.4, -0.2) is 17.5 Å². The predicted octanol–water partition coefficient (Wildman–Crippen LogP) is 0.798. The maximum Gasteiger partial charge on any atom is 0.251 e. The number of carbonyl (C=O) groups excluding carboxylic acids is 1. The van der Waals surface area contributed by atoms with Crippen molar-refractivity contribution in [1.82, 2.24) is 4.98 Å². The zero-order chi connectivity index (χ0) is 11.4. The molecule has 5 heteroatoms. The zero-order valence-corrected chi connectivity index (χ0v) is 8.86. The number of aromatic nitrogens is 1. The van der Waals surface area contributed by atoms with Crippen molar-refractivity contribution in [2.45, 2.75) is 13.8 Å². The number of pyridine rings is 1. The van der Waals surface area contributed by atoms with Crippen molar-refractivity contribution < 1.29 is 9.53 Å². The van der Waals surface area contributed by atoms with Gasteiger partial charge < -0.3 is 16.2 Å². The summed E-state index contributed by atoms with van der Waals surface area (Å²) in [6.45, 7) is 4.58. The van der Waals surface area contributed by atoms with Gasteiger partial charge in [-0.1, -0.05) is 13.8 Å². The number of hydrogen-bond acceptors (Lipinski definition) is 4. The second kappa shape index (κ2) is 4.63. The molecule has 0 aliphatic rings. The van der Waals surface area contributed by atoms with Crippen molar-refractivity contribution >= 4 is 11.6 Å². The number of amides is 1. The Labute approximate surface area is 88.4 Å². The number of nitrogen functional groups attached to an aromatic ring is 1. The molecule has 0 unspecified atom stereocenters. The van der Waals surface area contributed by atoms with Gasteiger partial charge in [0.25, 0.3) is 5.91 Å². The van der Waals surface area contributed by atoms with Gasteiger partial charge in [0.1, 0.15) is 0 Å². The molecule has 0 atom stereocenters. The lowest BCUT2D eigenvalue weighted by atomic mass is 10.2. The monoisotopic (exact) mass is 209 g/mol. The predicted molar refractivity (Wildman–Crippen MR) is 57.5 cm³/mol. The molecule has 1 rings (SSSR count). The van der Waals surface area contributed by atoms with Crippen molar-refractivity contribution in [1.29, 1.82) is 0 Å². The largest absolute Gasteiger partial charge is 0.477 e. The highest BCUT2D eigenvalue weighted by atomic mass is 16.5. The van der Waals surface area contributed by atoms with E-state index in [4.69, 9.17) is 16.2 Å². The summed E-state index contributed by atoms with van der Waals surface area (Å²) in [4.78, 5) is 14.9. The van der Waals surface area contributed by atoms with E-state index in [9.17, 15) is 4.79 Å². The molecule has 0 saturated heterocycles. The number of hydrogen-bond donors (Lipinski definition) is 2. The van der Waals surface area contributed by atoms with Crippen molar-refractivity contribution in [3.63, 3.8) is 0 Å². The summed E-state index contributed by atoms with van der Waals surface area (Å²) in [6.07, 6.45) is 1.37. The molecule has 0 bridgehead atoms. The van der Waals surface area contributed by atoms with Crippen LogP contribution >= 0.6 is 0 Å². The van der Waals surface area contributed by atoms with Gasteiger partial charge in [0, 0.05) is 6.07 Å². The average molecular weight is 209 g/mol. The van der Waals surface area contributed by atoms with Crippen LogP contribution in [0, 0.1) is 5.92 Å². The molecule has 1 heterocycles. The Kier molecular flexibility index (Phi) is 3.49. The molecular weight excluding hydrogens is 194 g/mol. The number of nitrogens with two attached hydrogens (primary N) is 2. The van der Waals surface area contributed by atoms with E-state index >= 15 is 0 Å². The molecule has 15 heavy (non-hydrogen) atoms. The van der Waals surface area contributed by atoms with Crippen molar-refractivity contribution in [3.8, 4) is 5.88 Å². The third-order valence-corrected chi connectivity index (χ3v) is 1.74. The minimum absolute atomic E-state index is 0.240. The molecule has 0 aliphatic carbocycles. The zero-order valence-electron chi connectivity index (χ0n) is 8.86. The summed E-state index contributed by atoms with van der Waals surface area (Å²) in [6, 6.07) is 1.46. The smallest absolute Gasteiger partial charge is 0.251 e. The molecule has 0 aliphatic heterocycles. The van der Waals surface area contributed by atoms with Crippen molar-refractivity contribution in [3.05, 3.63) is 17.8 Å². The molecular formula is C10H15N3O2. The first kappa shape index (κ1) is 11.3. The number of nitrogens with zero attached hydrogens (tertiary/aromatic N) is 1. The molecule has 0 spiro atoms. The van der Waals surface area contributed by atoms with Gasteiger partial charge in [-0.25, -0.2) is 4.98 Å². The maximum absolute atomic E-state index is 11.0. The first-order chi connectivity index (χ1) is 7.00. The Morgan fingerprint density at radius 2 is 2.27 bits per heavy atom. The lowest BCUT2D eigenvalue weighted by molar-refractivity contribution is 0.100. The van der Waals surface area contributed by atoms with Crippen LogP contribution in [0.25, 0.3) is 0 Å². The summed E-state index contributed by atoms with van der Waals surface area (Å²) >= 11 is 0. The van der Waals surface area contributed by atoms with Crippen molar-refractivity contribution in [2.24, 2.45) is 11.7 Å². The molecule has 82 valence electrons. The Hall–Kier alpha value is -1.78. The highest BCUT2D eigenvalue weighted by molar-refractivity contribution is 5.97. The molecule has 1 aromatic rings. The number of anilines is 1. The molecule has 1 aromatic heterocycles. The van der Waals surface area contributed by atoms with Gasteiger partial charge in [0.05, 0.1) is 24.1 Å². The van der Waals surface area contributed by atoms with Gasteiger partial charge in [0.2, 0.25) is 5.88 Å². The number of rotatable bonds is 4. The van der Waals surface area contributed by atoms with Crippen LogP contribution in [0.2, 0.25) is 0 Å². The first-order valence-electron chi connectivity index (χ1n) is 4.69. The minimum atomic E-state index is -0.579. The highest BCUT2D eigenvalue weighted by Crippen LogP contribution is 2.16. The third kappa shape index (κ3) is 3.12. The average Bonchev–Trinajstić information content (AvgIpc) is 2.16. The van der Waals surface area contributed by atoms with Crippen LogP contribution in [0.5, 0.6) is 5.88 Å². The van der Waals surface area contributed by atoms with Gasteiger partial charge in [0.15, 0.2) is 0 Å².